The summed E-state index contributed by atoms with van der Waals surface area (Å²) in [6, 6.07) is 2.79. The summed E-state index contributed by atoms with van der Waals surface area (Å²) in [4.78, 5) is 26.1. The first-order chi connectivity index (χ1) is 13.8. The molecule has 1 atom stereocenters. The maximum Gasteiger partial charge on any atom is 0.407 e. The smallest absolute Gasteiger partial charge is 0.407 e. The maximum absolute atomic E-state index is 13.7. The van der Waals surface area contributed by atoms with Gasteiger partial charge in [-0.25, -0.2) is 9.18 Å². The second kappa shape index (κ2) is 6.49. The molecule has 1 aromatic rings. The number of carbonyl (C=O) groups is 2. The molecule has 0 radical (unpaired) electrons. The molecule has 2 amide bonds. The van der Waals surface area contributed by atoms with E-state index in [2.05, 4.69) is 12.2 Å². The van der Waals surface area contributed by atoms with Gasteiger partial charge in [0.05, 0.1) is 10.6 Å². The molecule has 1 spiro atoms. The van der Waals surface area contributed by atoms with E-state index in [0.717, 1.165) is 18.4 Å². The number of hydrogen-bond acceptors (Lipinski definition) is 4. The lowest BCUT2D eigenvalue weighted by Crippen LogP contribution is -2.59. The monoisotopic (exact) mass is 422 g/mol. The summed E-state index contributed by atoms with van der Waals surface area (Å²) in [7, 11) is 0. The number of amides is 2. The van der Waals surface area contributed by atoms with Crippen LogP contribution in [0.25, 0.3) is 0 Å². The summed E-state index contributed by atoms with van der Waals surface area (Å²) in [5, 5.41) is 3.15. The lowest BCUT2D eigenvalue weighted by Gasteiger charge is -2.46. The lowest BCUT2D eigenvalue weighted by atomic mass is 9.68. The molecule has 3 aliphatic heterocycles. The number of benzene rings is 1. The second-order valence-corrected chi connectivity index (χ2v) is 9.56. The van der Waals surface area contributed by atoms with Crippen LogP contribution in [0.3, 0.4) is 0 Å². The molecule has 1 aromatic carbocycles. The minimum Gasteiger partial charge on any atom is -0.485 e. The van der Waals surface area contributed by atoms with Crippen molar-refractivity contribution < 1.29 is 23.5 Å². The van der Waals surface area contributed by atoms with Crippen molar-refractivity contribution in [1.82, 2.24) is 10.2 Å². The van der Waals surface area contributed by atoms with Crippen molar-refractivity contribution in [2.75, 3.05) is 19.7 Å². The van der Waals surface area contributed by atoms with E-state index in [4.69, 9.17) is 21.1 Å². The van der Waals surface area contributed by atoms with Crippen LogP contribution in [0.5, 0.6) is 5.75 Å². The summed E-state index contributed by atoms with van der Waals surface area (Å²) in [5.74, 6) is 0.645. The highest BCUT2D eigenvalue weighted by atomic mass is 35.5. The zero-order chi connectivity index (χ0) is 20.4. The van der Waals surface area contributed by atoms with Gasteiger partial charge in [-0.3, -0.25) is 4.79 Å². The normalized spacial score (nSPS) is 33.7. The summed E-state index contributed by atoms with van der Waals surface area (Å²) in [6.45, 7) is 3.79. The molecule has 6 nitrogen and oxygen atoms in total. The van der Waals surface area contributed by atoms with E-state index in [1.165, 1.54) is 12.1 Å². The Kier molecular flexibility index (Phi) is 4.25. The Labute approximate surface area is 173 Å². The number of likely N-dealkylation sites (tertiary alicyclic amines) is 1. The van der Waals surface area contributed by atoms with E-state index in [0.29, 0.717) is 49.7 Å². The third kappa shape index (κ3) is 3.14. The van der Waals surface area contributed by atoms with E-state index >= 15 is 0 Å². The fourth-order valence-corrected chi connectivity index (χ4v) is 5.74. The first-order valence-corrected chi connectivity index (χ1v) is 10.6. The molecule has 1 saturated carbocycles. The van der Waals surface area contributed by atoms with Crippen LogP contribution in [-0.2, 0) is 16.0 Å². The SMILES string of the molecule is CC1(C2CCN(C(=O)[C@H]3C[C@@]4(COC(=O)N4)C3)CC2)Cc2cc(F)cc(Cl)c2O1. The van der Waals surface area contributed by atoms with Crippen LogP contribution in [-0.4, -0.2) is 47.7 Å². The van der Waals surface area contributed by atoms with Gasteiger partial charge in [0.15, 0.2) is 0 Å². The number of nitrogens with one attached hydrogen (secondary N) is 1. The Balaban J connectivity index is 1.18. The maximum atomic E-state index is 13.7. The van der Waals surface area contributed by atoms with E-state index in [1.54, 1.807) is 0 Å². The summed E-state index contributed by atoms with van der Waals surface area (Å²) < 4.78 is 24.9. The Morgan fingerprint density at radius 2 is 2.03 bits per heavy atom. The molecule has 8 heteroatoms. The van der Waals surface area contributed by atoms with Crippen LogP contribution in [0.1, 0.15) is 38.2 Å². The van der Waals surface area contributed by atoms with Gasteiger partial charge in [-0.05, 0) is 44.7 Å². The van der Waals surface area contributed by atoms with Crippen LogP contribution >= 0.6 is 11.6 Å². The number of nitrogens with zero attached hydrogens (tertiary/aromatic N) is 1. The zero-order valence-corrected chi connectivity index (χ0v) is 17.1. The van der Waals surface area contributed by atoms with Crippen LogP contribution in [0.4, 0.5) is 9.18 Å². The molecule has 156 valence electrons. The highest BCUT2D eigenvalue weighted by molar-refractivity contribution is 6.32. The van der Waals surface area contributed by atoms with Gasteiger partial charge in [0.1, 0.15) is 23.8 Å². The summed E-state index contributed by atoms with van der Waals surface area (Å²) in [6.07, 6.45) is 3.23. The van der Waals surface area contributed by atoms with Crippen molar-refractivity contribution in [2.45, 2.75) is 50.2 Å². The van der Waals surface area contributed by atoms with Gasteiger partial charge in [0, 0.05) is 36.9 Å². The lowest BCUT2D eigenvalue weighted by molar-refractivity contribution is -0.143. The molecule has 3 heterocycles. The molecule has 5 rings (SSSR count). The number of piperidine rings is 1. The fraction of sp³-hybridized carbons (Fsp3) is 0.619. The van der Waals surface area contributed by atoms with Crippen LogP contribution < -0.4 is 10.1 Å². The highest BCUT2D eigenvalue weighted by Gasteiger charge is 2.54. The number of rotatable bonds is 2. The average molecular weight is 423 g/mol. The van der Waals surface area contributed by atoms with Crippen molar-refractivity contribution in [3.05, 3.63) is 28.5 Å². The largest absolute Gasteiger partial charge is 0.485 e. The van der Waals surface area contributed by atoms with Gasteiger partial charge >= 0.3 is 6.09 Å². The van der Waals surface area contributed by atoms with Crippen LogP contribution in [0, 0.1) is 17.7 Å². The van der Waals surface area contributed by atoms with Crippen molar-refractivity contribution in [3.63, 3.8) is 0 Å². The number of alkyl carbamates (subject to hydrolysis) is 1. The van der Waals surface area contributed by atoms with Crippen molar-refractivity contribution >= 4 is 23.6 Å². The van der Waals surface area contributed by atoms with Crippen molar-refractivity contribution in [3.8, 4) is 5.75 Å². The van der Waals surface area contributed by atoms with Gasteiger partial charge in [0.25, 0.3) is 0 Å². The minimum absolute atomic E-state index is 0.0436. The number of carbonyl (C=O) groups excluding carboxylic acids is 2. The standard InChI is InChI=1S/C21H24ClFN2O4/c1-20(8-12-6-15(23)7-16(22)17(12)29-20)14-2-4-25(5-3-14)18(26)13-9-21(10-13)11-28-19(27)24-21/h6-7,13-14H,2-5,8-11H2,1H3,(H,24,27)/t13-,20?,21-. The predicted octanol–water partition coefficient (Wildman–Crippen LogP) is 3.30. The number of cyclic esters (lactones) is 1. The molecular formula is C21H24ClFN2O4. The van der Waals surface area contributed by atoms with E-state index in [1.807, 2.05) is 4.90 Å². The van der Waals surface area contributed by atoms with E-state index in [-0.39, 0.29) is 35.2 Å². The number of hydrogen-bond donors (Lipinski definition) is 1. The Bertz CT molecular complexity index is 880. The highest BCUT2D eigenvalue weighted by Crippen LogP contribution is 2.47. The predicted molar refractivity (Wildman–Crippen MR) is 103 cm³/mol. The molecule has 29 heavy (non-hydrogen) atoms. The Hall–Kier alpha value is -2.02. The van der Waals surface area contributed by atoms with Gasteiger partial charge in [-0.2, -0.15) is 0 Å². The topological polar surface area (TPSA) is 67.9 Å². The molecule has 3 fully saturated rings. The molecule has 0 aromatic heterocycles. The molecular weight excluding hydrogens is 399 g/mol. The zero-order valence-electron chi connectivity index (χ0n) is 16.3. The third-order valence-corrected chi connectivity index (χ3v) is 7.38. The van der Waals surface area contributed by atoms with Crippen molar-refractivity contribution in [2.24, 2.45) is 11.8 Å². The number of ether oxygens (including phenoxy) is 2. The molecule has 0 bridgehead atoms. The fourth-order valence-electron chi connectivity index (χ4n) is 5.47. The van der Waals surface area contributed by atoms with Gasteiger partial charge in [-0.1, -0.05) is 11.6 Å². The Morgan fingerprint density at radius 3 is 2.69 bits per heavy atom. The van der Waals surface area contributed by atoms with Crippen LogP contribution in [0.2, 0.25) is 5.02 Å². The molecule has 1 N–H and O–H groups in total. The van der Waals surface area contributed by atoms with Gasteiger partial charge in [0.2, 0.25) is 5.91 Å². The summed E-state index contributed by atoms with van der Waals surface area (Å²) >= 11 is 6.17. The molecule has 1 aliphatic carbocycles. The first-order valence-electron chi connectivity index (χ1n) is 10.2. The third-order valence-electron chi connectivity index (χ3n) is 7.10. The van der Waals surface area contributed by atoms with E-state index in [9.17, 15) is 14.0 Å². The minimum atomic E-state index is -0.430. The van der Waals surface area contributed by atoms with E-state index < -0.39 is 5.60 Å². The average Bonchev–Trinajstić information content (AvgIpc) is 3.21. The second-order valence-electron chi connectivity index (χ2n) is 9.15. The number of fused-ring (bicyclic) bond motifs is 1. The molecule has 4 aliphatic rings. The Morgan fingerprint density at radius 1 is 1.31 bits per heavy atom. The van der Waals surface area contributed by atoms with Gasteiger partial charge < -0.3 is 19.7 Å². The first kappa shape index (κ1) is 19.0. The van der Waals surface area contributed by atoms with Crippen LogP contribution in [0.15, 0.2) is 12.1 Å². The molecule has 2 saturated heterocycles. The van der Waals surface area contributed by atoms with Crippen molar-refractivity contribution in [1.29, 1.82) is 0 Å². The molecule has 1 unspecified atom stereocenters. The van der Waals surface area contributed by atoms with Gasteiger partial charge in [-0.15, -0.1) is 0 Å². The number of halogens is 2. The quantitative estimate of drug-likeness (QED) is 0.794. The summed E-state index contributed by atoms with van der Waals surface area (Å²) in [5.41, 5.74) is 0.0545.